The number of benzene rings is 2. The van der Waals surface area contributed by atoms with Crippen LogP contribution in [-0.4, -0.2) is 28.2 Å². The second kappa shape index (κ2) is 8.60. The van der Waals surface area contributed by atoms with Crippen molar-refractivity contribution in [1.82, 2.24) is 19.7 Å². The van der Waals surface area contributed by atoms with E-state index in [1.165, 1.54) is 12.1 Å². The molecule has 0 aliphatic heterocycles. The lowest BCUT2D eigenvalue weighted by atomic mass is 10.2. The molecule has 2 heterocycles. The molecule has 4 rings (SSSR count). The highest BCUT2D eigenvalue weighted by Crippen LogP contribution is 2.25. The molecule has 0 radical (unpaired) electrons. The summed E-state index contributed by atoms with van der Waals surface area (Å²) < 4.78 is 35.3. The van der Waals surface area contributed by atoms with Crippen molar-refractivity contribution < 1.29 is 13.2 Å². The fraction of sp³-hybridized carbons (Fsp3) is 0.136. The van der Waals surface area contributed by atoms with Gasteiger partial charge >= 0.3 is 0 Å². The minimum atomic E-state index is -3.76. The van der Waals surface area contributed by atoms with Gasteiger partial charge in [0.05, 0.1) is 10.6 Å². The van der Waals surface area contributed by atoms with Crippen molar-refractivity contribution in [2.24, 2.45) is 0 Å². The number of aromatic nitrogens is 4. The Kier molecular flexibility index (Phi) is 5.86. The number of nitrogens with one attached hydrogen (secondary N) is 1. The van der Waals surface area contributed by atoms with Crippen LogP contribution in [0, 0.1) is 20.8 Å². The van der Waals surface area contributed by atoms with Gasteiger partial charge in [-0.3, -0.25) is 9.29 Å². The SMILES string of the molecule is Cc1ccc(S(=O)(=O)Nc2ccc(Oc3ccc(-n4cnc(C)c4C)nn3)cc2)cc1Cl. The second-order valence-electron chi connectivity index (χ2n) is 7.16. The molecule has 4 aromatic rings. The van der Waals surface area contributed by atoms with E-state index in [0.29, 0.717) is 28.2 Å². The summed E-state index contributed by atoms with van der Waals surface area (Å²) in [5, 5.41) is 8.66. The van der Waals surface area contributed by atoms with Crippen LogP contribution in [0.3, 0.4) is 0 Å². The summed E-state index contributed by atoms with van der Waals surface area (Å²) in [6.07, 6.45) is 1.69. The van der Waals surface area contributed by atoms with Gasteiger partial charge in [0, 0.05) is 22.5 Å². The molecule has 8 nitrogen and oxygen atoms in total. The van der Waals surface area contributed by atoms with Gasteiger partial charge in [-0.05, 0) is 68.8 Å². The number of sulfonamides is 1. The van der Waals surface area contributed by atoms with Gasteiger partial charge in [0.2, 0.25) is 5.88 Å². The average molecular weight is 470 g/mol. The summed E-state index contributed by atoms with van der Waals surface area (Å²) in [6.45, 7) is 5.69. The van der Waals surface area contributed by atoms with Gasteiger partial charge in [-0.1, -0.05) is 17.7 Å². The Morgan fingerprint density at radius 3 is 2.31 bits per heavy atom. The Balaban J connectivity index is 1.44. The zero-order chi connectivity index (χ0) is 22.9. The lowest BCUT2D eigenvalue weighted by Gasteiger charge is -2.10. The van der Waals surface area contributed by atoms with Crippen molar-refractivity contribution >= 4 is 27.3 Å². The minimum Gasteiger partial charge on any atom is -0.438 e. The smallest absolute Gasteiger partial charge is 0.261 e. The number of nitrogens with zero attached hydrogens (tertiary/aromatic N) is 4. The van der Waals surface area contributed by atoms with Crippen LogP contribution in [0.15, 0.2) is 65.8 Å². The molecular formula is C22H20ClN5O3S. The van der Waals surface area contributed by atoms with Crippen LogP contribution in [0.25, 0.3) is 5.82 Å². The normalized spacial score (nSPS) is 11.4. The predicted molar refractivity (Wildman–Crippen MR) is 122 cm³/mol. The quantitative estimate of drug-likeness (QED) is 0.434. The number of imidazole rings is 1. The topological polar surface area (TPSA) is 99.0 Å². The maximum absolute atomic E-state index is 12.6. The molecule has 1 N–H and O–H groups in total. The Morgan fingerprint density at radius 1 is 0.969 bits per heavy atom. The summed E-state index contributed by atoms with van der Waals surface area (Å²) in [5.74, 6) is 1.44. The van der Waals surface area contributed by atoms with Gasteiger partial charge in [-0.25, -0.2) is 13.4 Å². The maximum Gasteiger partial charge on any atom is 0.261 e. The van der Waals surface area contributed by atoms with Crippen LogP contribution in [0.2, 0.25) is 5.02 Å². The van der Waals surface area contributed by atoms with Crippen molar-refractivity contribution in [3.63, 3.8) is 0 Å². The molecular weight excluding hydrogens is 450 g/mol. The summed E-state index contributed by atoms with van der Waals surface area (Å²) in [4.78, 5) is 4.34. The van der Waals surface area contributed by atoms with Gasteiger partial charge in [0.25, 0.3) is 10.0 Å². The van der Waals surface area contributed by atoms with Crippen molar-refractivity contribution in [3.8, 4) is 17.4 Å². The summed E-state index contributed by atoms with van der Waals surface area (Å²) in [7, 11) is -3.76. The third-order valence-corrected chi connectivity index (χ3v) is 6.69. The van der Waals surface area contributed by atoms with Crippen LogP contribution in [0.1, 0.15) is 17.0 Å². The molecule has 0 unspecified atom stereocenters. The third-order valence-electron chi connectivity index (χ3n) is 4.91. The van der Waals surface area contributed by atoms with Crippen LogP contribution >= 0.6 is 11.6 Å². The first-order valence-corrected chi connectivity index (χ1v) is 11.5. The average Bonchev–Trinajstić information content (AvgIpc) is 3.10. The van der Waals surface area contributed by atoms with E-state index < -0.39 is 10.0 Å². The second-order valence-corrected chi connectivity index (χ2v) is 9.25. The molecule has 0 fully saturated rings. The van der Waals surface area contributed by atoms with Gasteiger partial charge in [-0.15, -0.1) is 10.2 Å². The monoisotopic (exact) mass is 469 g/mol. The fourth-order valence-corrected chi connectivity index (χ4v) is 4.22. The molecule has 0 aliphatic rings. The third kappa shape index (κ3) is 4.58. The van der Waals surface area contributed by atoms with Crippen LogP contribution in [0.5, 0.6) is 11.6 Å². The Morgan fingerprint density at radius 2 is 1.72 bits per heavy atom. The van der Waals surface area contributed by atoms with Crippen LogP contribution in [-0.2, 0) is 10.0 Å². The van der Waals surface area contributed by atoms with Crippen molar-refractivity contribution in [1.29, 1.82) is 0 Å². The molecule has 0 spiro atoms. The van der Waals surface area contributed by atoms with E-state index in [0.717, 1.165) is 17.0 Å². The van der Waals surface area contributed by atoms with E-state index in [1.807, 2.05) is 25.3 Å². The molecule has 2 aromatic carbocycles. The molecule has 0 bridgehead atoms. The van der Waals surface area contributed by atoms with E-state index in [1.54, 1.807) is 48.8 Å². The van der Waals surface area contributed by atoms with Crippen LogP contribution in [0.4, 0.5) is 5.69 Å². The van der Waals surface area contributed by atoms with Crippen molar-refractivity contribution in [2.45, 2.75) is 25.7 Å². The zero-order valence-electron chi connectivity index (χ0n) is 17.6. The van der Waals surface area contributed by atoms with E-state index in [2.05, 4.69) is 19.9 Å². The molecule has 0 saturated carbocycles. The summed E-state index contributed by atoms with van der Waals surface area (Å²) >= 11 is 6.05. The summed E-state index contributed by atoms with van der Waals surface area (Å²) in [6, 6.07) is 14.6. The van der Waals surface area contributed by atoms with Gasteiger partial charge in [0.1, 0.15) is 12.1 Å². The standard InChI is InChI=1S/C22H20ClN5O3S/c1-14-4-9-19(12-20(14)23)32(29,30)27-17-5-7-18(8-6-17)31-22-11-10-21(25-26-22)28-13-24-15(2)16(28)3/h4-13,27H,1-3H3. The van der Waals surface area contributed by atoms with E-state index in [-0.39, 0.29) is 4.90 Å². The molecule has 10 heteroatoms. The molecule has 164 valence electrons. The van der Waals surface area contributed by atoms with Crippen molar-refractivity contribution in [2.75, 3.05) is 4.72 Å². The fourth-order valence-electron chi connectivity index (χ4n) is 2.89. The number of hydrogen-bond acceptors (Lipinski definition) is 6. The van der Waals surface area contributed by atoms with Gasteiger partial charge in [0.15, 0.2) is 5.82 Å². The molecule has 0 atom stereocenters. The Hall–Kier alpha value is -3.43. The van der Waals surface area contributed by atoms with Crippen LogP contribution < -0.4 is 9.46 Å². The van der Waals surface area contributed by atoms with E-state index in [4.69, 9.17) is 16.3 Å². The number of anilines is 1. The maximum atomic E-state index is 12.6. The first-order valence-electron chi connectivity index (χ1n) is 9.64. The molecule has 2 aromatic heterocycles. The predicted octanol–water partition coefficient (Wildman–Crippen LogP) is 4.83. The molecule has 0 saturated heterocycles. The molecule has 0 amide bonds. The largest absolute Gasteiger partial charge is 0.438 e. The number of ether oxygens (including phenoxy) is 1. The highest BCUT2D eigenvalue weighted by molar-refractivity contribution is 7.92. The zero-order valence-corrected chi connectivity index (χ0v) is 19.1. The lowest BCUT2D eigenvalue weighted by Crippen LogP contribution is -2.12. The first-order chi connectivity index (χ1) is 15.2. The first kappa shape index (κ1) is 21.8. The highest BCUT2D eigenvalue weighted by atomic mass is 35.5. The molecule has 0 aliphatic carbocycles. The number of hydrogen-bond donors (Lipinski definition) is 1. The van der Waals surface area contributed by atoms with Gasteiger partial charge in [-0.2, -0.15) is 0 Å². The Bertz CT molecular complexity index is 1370. The number of aryl methyl sites for hydroxylation is 2. The van der Waals surface area contributed by atoms with Gasteiger partial charge < -0.3 is 4.74 Å². The number of rotatable bonds is 6. The lowest BCUT2D eigenvalue weighted by molar-refractivity contribution is 0.454. The highest BCUT2D eigenvalue weighted by Gasteiger charge is 2.15. The van der Waals surface area contributed by atoms with Crippen molar-refractivity contribution in [3.05, 3.63) is 82.9 Å². The number of halogens is 1. The minimum absolute atomic E-state index is 0.0899. The van der Waals surface area contributed by atoms with E-state index in [9.17, 15) is 8.42 Å². The summed E-state index contributed by atoms with van der Waals surface area (Å²) in [5.41, 5.74) is 3.10. The van der Waals surface area contributed by atoms with E-state index >= 15 is 0 Å². The Labute approximate surface area is 190 Å². The molecule has 32 heavy (non-hydrogen) atoms.